The molecule has 3 aromatic rings. The number of aliphatic hydroxyl groups excluding tert-OH is 1. The Morgan fingerprint density at radius 2 is 1.08 bits per heavy atom. The molecule has 3 aromatic carbocycles. The van der Waals surface area contributed by atoms with Gasteiger partial charge >= 0.3 is 0 Å². The lowest BCUT2D eigenvalue weighted by atomic mass is 10.0. The van der Waals surface area contributed by atoms with E-state index in [9.17, 15) is 5.11 Å². The van der Waals surface area contributed by atoms with Gasteiger partial charge in [-0.1, -0.05) is 91.0 Å². The van der Waals surface area contributed by atoms with Crippen molar-refractivity contribution >= 4 is 0 Å². The fraction of sp³-hybridized carbons (Fsp3) is 0.217. The van der Waals surface area contributed by atoms with Gasteiger partial charge in [-0.15, -0.1) is 0 Å². The molecule has 3 rings (SSSR count). The first kappa shape index (κ1) is 17.4. The molecule has 0 bridgehead atoms. The van der Waals surface area contributed by atoms with Crippen LogP contribution in [0.1, 0.15) is 29.7 Å². The minimum atomic E-state index is -0.520. The molecular formula is C23H25NO. The van der Waals surface area contributed by atoms with Gasteiger partial charge in [-0.05, 0) is 23.6 Å². The lowest BCUT2D eigenvalue weighted by Gasteiger charge is -2.33. The van der Waals surface area contributed by atoms with Crippen molar-refractivity contribution in [1.82, 2.24) is 4.90 Å². The smallest absolute Gasteiger partial charge is 0.0942 e. The number of rotatable bonds is 7. The molecule has 0 saturated heterocycles. The highest BCUT2D eigenvalue weighted by molar-refractivity contribution is 5.21. The maximum atomic E-state index is 10.9. The van der Waals surface area contributed by atoms with Gasteiger partial charge in [0, 0.05) is 19.1 Å². The van der Waals surface area contributed by atoms with Gasteiger partial charge in [0.2, 0.25) is 0 Å². The van der Waals surface area contributed by atoms with Crippen LogP contribution in [0.3, 0.4) is 0 Å². The van der Waals surface area contributed by atoms with Crippen molar-refractivity contribution in [3.63, 3.8) is 0 Å². The van der Waals surface area contributed by atoms with Crippen LogP contribution in [0, 0.1) is 0 Å². The SMILES string of the molecule is C[C@H]([C@H](O)c1ccccc1)N(Cc1ccccc1)Cc1ccccc1. The lowest BCUT2D eigenvalue weighted by Crippen LogP contribution is -2.36. The Hall–Kier alpha value is -2.42. The van der Waals surface area contributed by atoms with E-state index in [-0.39, 0.29) is 6.04 Å². The largest absolute Gasteiger partial charge is 0.387 e. The molecule has 2 heteroatoms. The maximum absolute atomic E-state index is 10.9. The van der Waals surface area contributed by atoms with Crippen molar-refractivity contribution < 1.29 is 5.11 Å². The maximum Gasteiger partial charge on any atom is 0.0942 e. The molecule has 0 radical (unpaired) electrons. The van der Waals surface area contributed by atoms with Gasteiger partial charge in [-0.25, -0.2) is 0 Å². The van der Waals surface area contributed by atoms with E-state index in [0.29, 0.717) is 0 Å². The number of benzene rings is 3. The summed E-state index contributed by atoms with van der Waals surface area (Å²) in [6, 6.07) is 30.8. The van der Waals surface area contributed by atoms with Crippen molar-refractivity contribution in [3.8, 4) is 0 Å². The third kappa shape index (κ3) is 4.79. The summed E-state index contributed by atoms with van der Waals surface area (Å²) in [6.07, 6.45) is -0.520. The average molecular weight is 331 g/mol. The van der Waals surface area contributed by atoms with Crippen LogP contribution in [0.15, 0.2) is 91.0 Å². The molecule has 2 atom stereocenters. The highest BCUT2D eigenvalue weighted by Crippen LogP contribution is 2.24. The van der Waals surface area contributed by atoms with Crippen LogP contribution in [0.25, 0.3) is 0 Å². The van der Waals surface area contributed by atoms with Gasteiger partial charge < -0.3 is 5.11 Å². The van der Waals surface area contributed by atoms with Crippen molar-refractivity contribution in [2.75, 3.05) is 0 Å². The van der Waals surface area contributed by atoms with Crippen molar-refractivity contribution in [2.45, 2.75) is 32.2 Å². The van der Waals surface area contributed by atoms with Crippen LogP contribution in [0.2, 0.25) is 0 Å². The zero-order chi connectivity index (χ0) is 17.5. The molecule has 128 valence electrons. The zero-order valence-corrected chi connectivity index (χ0v) is 14.6. The van der Waals surface area contributed by atoms with Gasteiger partial charge in [0.1, 0.15) is 0 Å². The summed E-state index contributed by atoms with van der Waals surface area (Å²) in [5.41, 5.74) is 3.47. The second kappa shape index (κ2) is 8.61. The first-order valence-corrected chi connectivity index (χ1v) is 8.79. The van der Waals surface area contributed by atoms with Crippen LogP contribution in [-0.4, -0.2) is 16.0 Å². The Morgan fingerprint density at radius 3 is 1.52 bits per heavy atom. The molecule has 0 heterocycles. The molecule has 2 nitrogen and oxygen atoms in total. The van der Waals surface area contributed by atoms with E-state index >= 15 is 0 Å². The summed E-state index contributed by atoms with van der Waals surface area (Å²) in [5.74, 6) is 0. The van der Waals surface area contributed by atoms with E-state index in [4.69, 9.17) is 0 Å². The fourth-order valence-electron chi connectivity index (χ4n) is 3.11. The van der Waals surface area contributed by atoms with Crippen LogP contribution < -0.4 is 0 Å². The van der Waals surface area contributed by atoms with Gasteiger partial charge in [0.15, 0.2) is 0 Å². The molecule has 0 spiro atoms. The Kier molecular flexibility index (Phi) is 5.99. The predicted octanol–water partition coefficient (Wildman–Crippen LogP) is 4.81. The van der Waals surface area contributed by atoms with Crippen molar-refractivity contribution in [1.29, 1.82) is 0 Å². The Morgan fingerprint density at radius 1 is 0.680 bits per heavy atom. The third-order valence-corrected chi connectivity index (χ3v) is 4.63. The average Bonchev–Trinajstić information content (AvgIpc) is 2.68. The molecule has 0 unspecified atom stereocenters. The van der Waals surface area contributed by atoms with Gasteiger partial charge in [0.05, 0.1) is 6.10 Å². The number of hydrogen-bond acceptors (Lipinski definition) is 2. The quantitative estimate of drug-likeness (QED) is 0.671. The molecule has 0 aliphatic heterocycles. The minimum Gasteiger partial charge on any atom is -0.387 e. The monoisotopic (exact) mass is 331 g/mol. The molecule has 25 heavy (non-hydrogen) atoms. The van der Waals surface area contributed by atoms with Crippen molar-refractivity contribution in [2.24, 2.45) is 0 Å². The van der Waals surface area contributed by atoms with Crippen LogP contribution >= 0.6 is 0 Å². The van der Waals surface area contributed by atoms with E-state index < -0.39 is 6.10 Å². The van der Waals surface area contributed by atoms with E-state index in [1.165, 1.54) is 11.1 Å². The van der Waals surface area contributed by atoms with Gasteiger partial charge in [-0.2, -0.15) is 0 Å². The summed E-state index contributed by atoms with van der Waals surface area (Å²) in [5, 5.41) is 10.9. The van der Waals surface area contributed by atoms with E-state index in [1.807, 2.05) is 42.5 Å². The molecular weight excluding hydrogens is 306 g/mol. The molecule has 0 fully saturated rings. The van der Waals surface area contributed by atoms with Gasteiger partial charge in [0.25, 0.3) is 0 Å². The van der Waals surface area contributed by atoms with E-state index in [1.54, 1.807) is 0 Å². The van der Waals surface area contributed by atoms with E-state index in [0.717, 1.165) is 18.7 Å². The molecule has 0 aliphatic rings. The fourth-order valence-corrected chi connectivity index (χ4v) is 3.11. The lowest BCUT2D eigenvalue weighted by molar-refractivity contribution is 0.0484. The first-order valence-electron chi connectivity index (χ1n) is 8.79. The van der Waals surface area contributed by atoms with Crippen LogP contribution in [0.5, 0.6) is 0 Å². The summed E-state index contributed by atoms with van der Waals surface area (Å²) in [6.45, 7) is 3.71. The topological polar surface area (TPSA) is 23.5 Å². The first-order chi connectivity index (χ1) is 12.2. The molecule has 0 aliphatic carbocycles. The normalized spacial score (nSPS) is 13.6. The summed E-state index contributed by atoms with van der Waals surface area (Å²) in [4.78, 5) is 2.34. The standard InChI is InChI=1S/C23H25NO/c1-19(23(25)22-15-9-4-10-16-22)24(17-20-11-5-2-6-12-20)18-21-13-7-3-8-14-21/h2-16,19,23,25H,17-18H2,1H3/t19-,23+/m1/s1. The molecule has 0 saturated carbocycles. The molecule has 0 amide bonds. The zero-order valence-electron chi connectivity index (χ0n) is 14.6. The summed E-state index contributed by atoms with van der Waals surface area (Å²) < 4.78 is 0. The number of aliphatic hydroxyl groups is 1. The number of hydrogen-bond donors (Lipinski definition) is 1. The summed E-state index contributed by atoms with van der Waals surface area (Å²) >= 11 is 0. The van der Waals surface area contributed by atoms with Crippen molar-refractivity contribution in [3.05, 3.63) is 108 Å². The number of nitrogens with zero attached hydrogens (tertiary/aromatic N) is 1. The third-order valence-electron chi connectivity index (χ3n) is 4.63. The Labute approximate surface area is 150 Å². The molecule has 0 aromatic heterocycles. The van der Waals surface area contributed by atoms with E-state index in [2.05, 4.69) is 60.4 Å². The highest BCUT2D eigenvalue weighted by Gasteiger charge is 2.23. The second-order valence-corrected chi connectivity index (χ2v) is 6.47. The summed E-state index contributed by atoms with van der Waals surface area (Å²) in [7, 11) is 0. The van der Waals surface area contributed by atoms with Crippen LogP contribution in [-0.2, 0) is 13.1 Å². The Bertz CT molecular complexity index is 701. The van der Waals surface area contributed by atoms with Crippen LogP contribution in [0.4, 0.5) is 0 Å². The predicted molar refractivity (Wildman–Crippen MR) is 103 cm³/mol. The highest BCUT2D eigenvalue weighted by atomic mass is 16.3. The molecule has 1 N–H and O–H groups in total. The Balaban J connectivity index is 1.81. The second-order valence-electron chi connectivity index (χ2n) is 6.47. The van der Waals surface area contributed by atoms with Gasteiger partial charge in [-0.3, -0.25) is 4.90 Å². The minimum absolute atomic E-state index is 0.00260.